The van der Waals surface area contributed by atoms with Crippen molar-refractivity contribution in [1.29, 1.82) is 0 Å². The van der Waals surface area contributed by atoms with E-state index in [4.69, 9.17) is 0 Å². The summed E-state index contributed by atoms with van der Waals surface area (Å²) >= 11 is 1.12. The van der Waals surface area contributed by atoms with Crippen LogP contribution in [0.15, 0.2) is 47.3 Å². The maximum Gasteiger partial charge on any atom is 0.271 e. The Bertz CT molecular complexity index is 1450. The highest BCUT2D eigenvalue weighted by Crippen LogP contribution is 2.34. The molecule has 0 aliphatic heterocycles. The van der Waals surface area contributed by atoms with E-state index >= 15 is 0 Å². The third-order valence-corrected chi connectivity index (χ3v) is 7.10. The largest absolute Gasteiger partial charge is 0.362 e. The molecular formula is C28H26FN3O4S. The van der Waals surface area contributed by atoms with Gasteiger partial charge in [0, 0.05) is 42.7 Å². The summed E-state index contributed by atoms with van der Waals surface area (Å²) in [6.07, 6.45) is 4.55. The molecular weight excluding hydrogens is 493 g/mol. The normalized spacial score (nSPS) is 12.4. The Morgan fingerprint density at radius 1 is 1.22 bits per heavy atom. The number of ketones is 1. The molecule has 0 bridgehead atoms. The number of nitrogens with zero attached hydrogens (tertiary/aromatic N) is 1. The zero-order valence-electron chi connectivity index (χ0n) is 20.3. The van der Waals surface area contributed by atoms with Gasteiger partial charge in [-0.3, -0.25) is 23.6 Å². The van der Waals surface area contributed by atoms with E-state index in [2.05, 4.69) is 21.5 Å². The van der Waals surface area contributed by atoms with Crippen molar-refractivity contribution in [3.8, 4) is 11.8 Å². The number of aromatic amines is 1. The number of hydrogen-bond donors (Lipinski definition) is 2. The quantitative estimate of drug-likeness (QED) is 0.181. The Kier molecular flexibility index (Phi) is 8.31. The van der Waals surface area contributed by atoms with Crippen LogP contribution in [-0.2, 0) is 0 Å². The summed E-state index contributed by atoms with van der Waals surface area (Å²) in [4.78, 5) is 50.5. The number of H-pyrrole nitrogens is 1. The molecule has 2 aromatic carbocycles. The highest BCUT2D eigenvalue weighted by molar-refractivity contribution is 7.10. The summed E-state index contributed by atoms with van der Waals surface area (Å²) in [6, 6.07) is 11.0. The molecule has 1 aliphatic rings. The number of carbonyl (C=O) groups excluding carboxylic acids is 3. The standard InChI is InChI=1S/C28H26FN3O4S/c1-32(21-13-14-21)28-24(27(36)31-37-28)25(34)19-12-11-18(23(29)16-19)8-4-2-3-7-15-30-26(35)22-10-6-5-9-20(22)17-33/h5-6,9-12,16-17,21H,2-3,7,13-15H2,1H3,(H,30,35)(H,31,36). The molecule has 37 heavy (non-hydrogen) atoms. The minimum atomic E-state index is -0.622. The van der Waals surface area contributed by atoms with Crippen molar-refractivity contribution in [2.45, 2.75) is 38.1 Å². The number of benzene rings is 2. The molecule has 3 aromatic rings. The van der Waals surface area contributed by atoms with Crippen molar-refractivity contribution in [2.24, 2.45) is 0 Å². The topological polar surface area (TPSA) is 99.3 Å². The molecule has 1 saturated carbocycles. The minimum Gasteiger partial charge on any atom is -0.362 e. The second-order valence-electron chi connectivity index (χ2n) is 8.80. The third-order valence-electron chi connectivity index (χ3n) is 6.12. The lowest BCUT2D eigenvalue weighted by molar-refractivity contribution is 0.0947. The van der Waals surface area contributed by atoms with Crippen LogP contribution in [0.1, 0.15) is 74.3 Å². The lowest BCUT2D eigenvalue weighted by Crippen LogP contribution is -2.25. The van der Waals surface area contributed by atoms with Crippen LogP contribution in [0.25, 0.3) is 0 Å². The van der Waals surface area contributed by atoms with Gasteiger partial charge in [-0.25, -0.2) is 4.39 Å². The first-order chi connectivity index (χ1) is 17.9. The summed E-state index contributed by atoms with van der Waals surface area (Å²) in [5.74, 6) is 4.26. The molecule has 9 heteroatoms. The smallest absolute Gasteiger partial charge is 0.271 e. The predicted octanol–water partition coefficient (Wildman–Crippen LogP) is 4.17. The minimum absolute atomic E-state index is 0.0411. The van der Waals surface area contributed by atoms with Crippen LogP contribution in [0.4, 0.5) is 9.39 Å². The highest BCUT2D eigenvalue weighted by Gasteiger charge is 2.31. The van der Waals surface area contributed by atoms with E-state index in [1.807, 2.05) is 11.9 Å². The summed E-state index contributed by atoms with van der Waals surface area (Å²) < 4.78 is 17.3. The molecule has 2 N–H and O–H groups in total. The lowest BCUT2D eigenvalue weighted by Gasteiger charge is -2.16. The highest BCUT2D eigenvalue weighted by atomic mass is 32.1. The van der Waals surface area contributed by atoms with Crippen LogP contribution in [0.3, 0.4) is 0 Å². The van der Waals surface area contributed by atoms with Crippen LogP contribution in [0.5, 0.6) is 0 Å². The molecule has 1 fully saturated rings. The Hall–Kier alpha value is -4.03. The number of unbranched alkanes of at least 4 members (excludes halogenated alkanes) is 2. The first-order valence-electron chi connectivity index (χ1n) is 12.0. The van der Waals surface area contributed by atoms with Gasteiger partial charge in [0.2, 0.25) is 5.78 Å². The SMILES string of the molecule is CN(c1s[nH]c(=O)c1C(=O)c1ccc(C#CCCCCNC(=O)c2ccccc2C=O)c(F)c1)C1CC1. The van der Waals surface area contributed by atoms with Crippen LogP contribution in [0, 0.1) is 17.7 Å². The molecule has 1 amide bonds. The van der Waals surface area contributed by atoms with Crippen LogP contribution in [-0.4, -0.2) is 42.0 Å². The Morgan fingerprint density at radius 2 is 2.00 bits per heavy atom. The van der Waals surface area contributed by atoms with Crippen LogP contribution in [0.2, 0.25) is 0 Å². The average Bonchev–Trinajstić information content (AvgIpc) is 3.69. The van der Waals surface area contributed by atoms with Crippen LogP contribution < -0.4 is 15.8 Å². The molecule has 7 nitrogen and oxygen atoms in total. The zero-order chi connectivity index (χ0) is 26.4. The monoisotopic (exact) mass is 519 g/mol. The van der Waals surface area contributed by atoms with Gasteiger partial charge in [-0.05, 0) is 61.5 Å². The third kappa shape index (κ3) is 6.22. The first-order valence-corrected chi connectivity index (χ1v) is 12.8. The molecule has 0 unspecified atom stereocenters. The predicted molar refractivity (Wildman–Crippen MR) is 141 cm³/mol. The molecule has 0 spiro atoms. The number of anilines is 1. The molecule has 4 rings (SSSR count). The fourth-order valence-corrected chi connectivity index (χ4v) is 4.74. The molecule has 190 valence electrons. The Balaban J connectivity index is 1.29. The summed E-state index contributed by atoms with van der Waals surface area (Å²) in [6.45, 7) is 0.429. The Labute approximate surface area is 217 Å². The van der Waals surface area contributed by atoms with E-state index in [1.54, 1.807) is 24.3 Å². The van der Waals surface area contributed by atoms with Crippen molar-refractivity contribution in [1.82, 2.24) is 9.69 Å². The molecule has 1 aromatic heterocycles. The second-order valence-corrected chi connectivity index (χ2v) is 9.59. The number of nitrogens with one attached hydrogen (secondary N) is 2. The average molecular weight is 520 g/mol. The number of aromatic nitrogens is 1. The molecule has 1 aliphatic carbocycles. The van der Waals surface area contributed by atoms with Gasteiger partial charge in [-0.2, -0.15) is 0 Å². The molecule has 0 radical (unpaired) electrons. The summed E-state index contributed by atoms with van der Waals surface area (Å²) in [7, 11) is 1.85. The van der Waals surface area contributed by atoms with Crippen LogP contribution >= 0.6 is 11.5 Å². The van der Waals surface area contributed by atoms with Gasteiger partial charge in [0.25, 0.3) is 11.5 Å². The Morgan fingerprint density at radius 3 is 2.73 bits per heavy atom. The van der Waals surface area contributed by atoms with Gasteiger partial charge >= 0.3 is 0 Å². The summed E-state index contributed by atoms with van der Waals surface area (Å²) in [5.41, 5.74) is 0.526. The first kappa shape index (κ1) is 26.0. The van der Waals surface area contributed by atoms with E-state index in [0.717, 1.165) is 30.4 Å². The van der Waals surface area contributed by atoms with E-state index in [0.29, 0.717) is 54.3 Å². The molecule has 0 atom stereocenters. The van der Waals surface area contributed by atoms with E-state index in [-0.39, 0.29) is 22.6 Å². The number of aldehydes is 1. The number of carbonyl (C=O) groups is 3. The van der Waals surface area contributed by atoms with Gasteiger partial charge in [-0.1, -0.05) is 30.0 Å². The number of hydrogen-bond acceptors (Lipinski definition) is 6. The number of amides is 1. The lowest BCUT2D eigenvalue weighted by atomic mass is 10.0. The van der Waals surface area contributed by atoms with Gasteiger partial charge in [0.15, 0.2) is 6.29 Å². The maximum atomic E-state index is 14.7. The van der Waals surface area contributed by atoms with E-state index in [9.17, 15) is 23.6 Å². The van der Waals surface area contributed by atoms with Gasteiger partial charge in [0.05, 0.1) is 5.56 Å². The summed E-state index contributed by atoms with van der Waals surface area (Å²) in [5, 5.41) is 3.35. The molecule has 1 heterocycles. The second kappa shape index (κ2) is 11.8. The fourth-order valence-electron chi connectivity index (χ4n) is 3.87. The zero-order valence-corrected chi connectivity index (χ0v) is 21.1. The fraction of sp³-hybridized carbons (Fsp3) is 0.286. The number of rotatable bonds is 10. The van der Waals surface area contributed by atoms with Crippen molar-refractivity contribution in [3.63, 3.8) is 0 Å². The number of halogens is 1. The van der Waals surface area contributed by atoms with Gasteiger partial charge in [0.1, 0.15) is 16.4 Å². The molecule has 0 saturated heterocycles. The van der Waals surface area contributed by atoms with Crippen molar-refractivity contribution >= 4 is 34.5 Å². The van der Waals surface area contributed by atoms with Crippen molar-refractivity contribution in [2.75, 3.05) is 18.5 Å². The van der Waals surface area contributed by atoms with Gasteiger partial charge in [-0.15, -0.1) is 0 Å². The van der Waals surface area contributed by atoms with Crippen molar-refractivity contribution in [3.05, 3.63) is 86.5 Å². The maximum absolute atomic E-state index is 14.7. The van der Waals surface area contributed by atoms with E-state index in [1.165, 1.54) is 12.1 Å². The van der Waals surface area contributed by atoms with Gasteiger partial charge < -0.3 is 10.2 Å². The van der Waals surface area contributed by atoms with E-state index < -0.39 is 17.2 Å². The van der Waals surface area contributed by atoms with Crippen molar-refractivity contribution < 1.29 is 18.8 Å².